The van der Waals surface area contributed by atoms with Gasteiger partial charge in [-0.3, -0.25) is 4.90 Å². The van der Waals surface area contributed by atoms with Gasteiger partial charge in [0, 0.05) is 19.6 Å². The Kier molecular flexibility index (Phi) is 4.42. The summed E-state index contributed by atoms with van der Waals surface area (Å²) in [6, 6.07) is 6.24. The average Bonchev–Trinajstić information content (AvgIpc) is 2.29. The minimum atomic E-state index is 0.338. The number of hydrogen-bond donors (Lipinski definition) is 0. The van der Waals surface area contributed by atoms with Crippen molar-refractivity contribution in [3.63, 3.8) is 0 Å². The summed E-state index contributed by atoms with van der Waals surface area (Å²) in [7, 11) is 1.68. The van der Waals surface area contributed by atoms with Gasteiger partial charge in [0.25, 0.3) is 0 Å². The topological polar surface area (TPSA) is 21.7 Å². The largest absolute Gasteiger partial charge is 0.496 e. The molecule has 0 bridgehead atoms. The van der Waals surface area contributed by atoms with Crippen LogP contribution in [-0.2, 0) is 11.3 Å². The van der Waals surface area contributed by atoms with E-state index >= 15 is 0 Å². The van der Waals surface area contributed by atoms with Crippen molar-refractivity contribution in [1.29, 1.82) is 0 Å². The predicted octanol–water partition coefficient (Wildman–Crippen LogP) is 2.68. The van der Waals surface area contributed by atoms with Crippen molar-refractivity contribution in [2.24, 2.45) is 0 Å². The summed E-state index contributed by atoms with van der Waals surface area (Å²) >= 11 is 3.52. The van der Waals surface area contributed by atoms with Gasteiger partial charge >= 0.3 is 0 Å². The van der Waals surface area contributed by atoms with Crippen LogP contribution in [0.25, 0.3) is 0 Å². The highest BCUT2D eigenvalue weighted by Crippen LogP contribution is 2.26. The molecule has 2 rings (SSSR count). The minimum absolute atomic E-state index is 0.338. The molecule has 0 aromatic heterocycles. The molecule has 94 valence electrons. The van der Waals surface area contributed by atoms with E-state index in [2.05, 4.69) is 39.9 Å². The van der Waals surface area contributed by atoms with Crippen LogP contribution in [0.15, 0.2) is 22.7 Å². The molecule has 3 nitrogen and oxygen atoms in total. The normalized spacial score (nSPS) is 21.5. The summed E-state index contributed by atoms with van der Waals surface area (Å²) in [5.41, 5.74) is 1.30. The zero-order chi connectivity index (χ0) is 12.3. The second kappa shape index (κ2) is 5.85. The van der Waals surface area contributed by atoms with Crippen molar-refractivity contribution >= 4 is 15.9 Å². The molecule has 0 amide bonds. The van der Waals surface area contributed by atoms with Gasteiger partial charge < -0.3 is 9.47 Å². The van der Waals surface area contributed by atoms with Gasteiger partial charge in [-0.05, 0) is 40.5 Å². The molecule has 17 heavy (non-hydrogen) atoms. The Balaban J connectivity index is 2.00. The molecule has 0 N–H and O–H groups in total. The minimum Gasteiger partial charge on any atom is -0.496 e. The molecule has 4 heteroatoms. The molecule has 1 atom stereocenters. The van der Waals surface area contributed by atoms with Gasteiger partial charge in [-0.2, -0.15) is 0 Å². The highest BCUT2D eigenvalue weighted by molar-refractivity contribution is 9.10. The zero-order valence-electron chi connectivity index (χ0n) is 10.3. The van der Waals surface area contributed by atoms with Crippen LogP contribution in [0.5, 0.6) is 5.75 Å². The third-order valence-corrected chi connectivity index (χ3v) is 3.57. The van der Waals surface area contributed by atoms with Crippen molar-refractivity contribution < 1.29 is 9.47 Å². The van der Waals surface area contributed by atoms with E-state index in [9.17, 15) is 0 Å². The fourth-order valence-corrected chi connectivity index (χ4v) is 2.69. The van der Waals surface area contributed by atoms with Crippen LogP contribution >= 0.6 is 15.9 Å². The summed E-state index contributed by atoms with van der Waals surface area (Å²) in [6.45, 7) is 5.93. The lowest BCUT2D eigenvalue weighted by molar-refractivity contribution is -0.0212. The highest BCUT2D eigenvalue weighted by Gasteiger charge is 2.16. The van der Waals surface area contributed by atoms with Crippen LogP contribution in [0.1, 0.15) is 12.5 Å². The Morgan fingerprint density at radius 3 is 3.00 bits per heavy atom. The number of ether oxygens (including phenoxy) is 2. The molecule has 0 saturated carbocycles. The molecule has 1 aromatic rings. The first-order chi connectivity index (χ1) is 8.19. The maximum Gasteiger partial charge on any atom is 0.133 e. The Morgan fingerprint density at radius 1 is 1.53 bits per heavy atom. The van der Waals surface area contributed by atoms with Crippen molar-refractivity contribution in [3.05, 3.63) is 28.2 Å². The summed E-state index contributed by atoms with van der Waals surface area (Å²) < 4.78 is 11.8. The first-order valence-corrected chi connectivity index (χ1v) is 6.64. The predicted molar refractivity (Wildman–Crippen MR) is 71.4 cm³/mol. The third-order valence-electron chi connectivity index (χ3n) is 2.95. The highest BCUT2D eigenvalue weighted by atomic mass is 79.9. The lowest BCUT2D eigenvalue weighted by atomic mass is 10.2. The van der Waals surface area contributed by atoms with Crippen LogP contribution in [0.2, 0.25) is 0 Å². The molecule has 1 aromatic carbocycles. The average molecular weight is 300 g/mol. The maximum atomic E-state index is 5.54. The molecule has 1 aliphatic heterocycles. The van der Waals surface area contributed by atoms with E-state index in [1.807, 2.05) is 6.07 Å². The van der Waals surface area contributed by atoms with Crippen LogP contribution in [0, 0.1) is 0 Å². The standard InChI is InChI=1S/C13H18BrNO2/c1-10-8-15(5-6-17-10)9-11-3-4-13(16-2)12(14)7-11/h3-4,7,10H,5-6,8-9H2,1-2H3. The Labute approximate surface area is 111 Å². The summed E-state index contributed by atoms with van der Waals surface area (Å²) in [5.74, 6) is 0.879. The lowest BCUT2D eigenvalue weighted by Crippen LogP contribution is -2.40. The second-order valence-corrected chi connectivity index (χ2v) is 5.24. The summed E-state index contributed by atoms with van der Waals surface area (Å²) in [5, 5.41) is 0. The molecule has 1 fully saturated rings. The third kappa shape index (κ3) is 3.44. The van der Waals surface area contributed by atoms with Crippen LogP contribution < -0.4 is 4.74 Å². The number of hydrogen-bond acceptors (Lipinski definition) is 3. The number of halogens is 1. The van der Waals surface area contributed by atoms with E-state index in [-0.39, 0.29) is 0 Å². The number of benzene rings is 1. The van der Waals surface area contributed by atoms with Gasteiger partial charge in [-0.15, -0.1) is 0 Å². The van der Waals surface area contributed by atoms with Crippen molar-refractivity contribution in [3.8, 4) is 5.75 Å². The maximum absolute atomic E-state index is 5.54. The van der Waals surface area contributed by atoms with E-state index in [0.29, 0.717) is 6.10 Å². The molecular formula is C13H18BrNO2. The van der Waals surface area contributed by atoms with Gasteiger partial charge in [0.1, 0.15) is 5.75 Å². The molecule has 0 spiro atoms. The quantitative estimate of drug-likeness (QED) is 0.856. The Bertz CT molecular complexity index is 384. The van der Waals surface area contributed by atoms with Crippen LogP contribution in [0.4, 0.5) is 0 Å². The molecular weight excluding hydrogens is 282 g/mol. The fourth-order valence-electron chi connectivity index (χ4n) is 2.10. The molecule has 0 aliphatic carbocycles. The molecule has 1 saturated heterocycles. The number of nitrogens with zero attached hydrogens (tertiary/aromatic N) is 1. The Hall–Kier alpha value is -0.580. The molecule has 1 heterocycles. The summed E-state index contributed by atoms with van der Waals surface area (Å²) in [4.78, 5) is 2.42. The lowest BCUT2D eigenvalue weighted by Gasteiger charge is -2.31. The monoisotopic (exact) mass is 299 g/mol. The van der Waals surface area contributed by atoms with Gasteiger partial charge in [0.2, 0.25) is 0 Å². The van der Waals surface area contributed by atoms with Crippen molar-refractivity contribution in [1.82, 2.24) is 4.90 Å². The van der Waals surface area contributed by atoms with E-state index in [1.54, 1.807) is 7.11 Å². The number of morpholine rings is 1. The SMILES string of the molecule is COc1ccc(CN2CCOC(C)C2)cc1Br. The molecule has 1 unspecified atom stereocenters. The molecule has 0 radical (unpaired) electrons. The fraction of sp³-hybridized carbons (Fsp3) is 0.538. The van der Waals surface area contributed by atoms with Crippen molar-refractivity contribution in [2.75, 3.05) is 26.8 Å². The van der Waals surface area contributed by atoms with E-state index in [0.717, 1.165) is 36.5 Å². The Morgan fingerprint density at radius 2 is 2.35 bits per heavy atom. The smallest absolute Gasteiger partial charge is 0.133 e. The summed E-state index contributed by atoms with van der Waals surface area (Å²) in [6.07, 6.45) is 0.338. The van der Waals surface area contributed by atoms with E-state index in [4.69, 9.17) is 9.47 Å². The van der Waals surface area contributed by atoms with E-state index < -0.39 is 0 Å². The molecule has 1 aliphatic rings. The second-order valence-electron chi connectivity index (χ2n) is 4.39. The van der Waals surface area contributed by atoms with Gasteiger partial charge in [-0.1, -0.05) is 6.07 Å². The number of rotatable bonds is 3. The zero-order valence-corrected chi connectivity index (χ0v) is 11.9. The van der Waals surface area contributed by atoms with Crippen molar-refractivity contribution in [2.45, 2.75) is 19.6 Å². The first kappa shape index (κ1) is 12.9. The van der Waals surface area contributed by atoms with Gasteiger partial charge in [0.05, 0.1) is 24.3 Å². The van der Waals surface area contributed by atoms with Gasteiger partial charge in [-0.25, -0.2) is 0 Å². The van der Waals surface area contributed by atoms with Crippen LogP contribution in [-0.4, -0.2) is 37.8 Å². The number of methoxy groups -OCH3 is 1. The van der Waals surface area contributed by atoms with Gasteiger partial charge in [0.15, 0.2) is 0 Å². The first-order valence-electron chi connectivity index (χ1n) is 5.85. The van der Waals surface area contributed by atoms with E-state index in [1.165, 1.54) is 5.56 Å². The van der Waals surface area contributed by atoms with Crippen LogP contribution in [0.3, 0.4) is 0 Å².